The van der Waals surface area contributed by atoms with Gasteiger partial charge in [0.15, 0.2) is 11.5 Å². The fourth-order valence-corrected chi connectivity index (χ4v) is 1.85. The summed E-state index contributed by atoms with van der Waals surface area (Å²) in [5.74, 6) is 0.703. The van der Waals surface area contributed by atoms with Crippen molar-refractivity contribution in [2.45, 2.75) is 19.3 Å². The summed E-state index contributed by atoms with van der Waals surface area (Å²) >= 11 is 5.83. The minimum Gasteiger partial charge on any atom is -0.385 e. The van der Waals surface area contributed by atoms with E-state index in [2.05, 4.69) is 25.3 Å². The molecule has 0 bridgehead atoms. The van der Waals surface area contributed by atoms with Crippen molar-refractivity contribution in [1.82, 2.24) is 19.9 Å². The number of hydrogen-bond acceptors (Lipinski definition) is 5. The zero-order valence-corrected chi connectivity index (χ0v) is 11.0. The van der Waals surface area contributed by atoms with E-state index in [4.69, 9.17) is 16.3 Å². The molecule has 2 N–H and O–H groups in total. The van der Waals surface area contributed by atoms with Gasteiger partial charge in [-0.3, -0.25) is 0 Å². The molecule has 98 valence electrons. The van der Waals surface area contributed by atoms with Gasteiger partial charge in [-0.15, -0.1) is 0 Å². The van der Waals surface area contributed by atoms with E-state index in [0.717, 1.165) is 37.9 Å². The first kappa shape index (κ1) is 13.0. The Labute approximate surface area is 110 Å². The molecule has 7 heteroatoms. The van der Waals surface area contributed by atoms with Crippen molar-refractivity contribution in [3.05, 3.63) is 11.6 Å². The maximum absolute atomic E-state index is 5.83. The number of ether oxygens (including phenoxy) is 1. The van der Waals surface area contributed by atoms with Crippen molar-refractivity contribution in [3.63, 3.8) is 0 Å². The van der Waals surface area contributed by atoms with Gasteiger partial charge in [-0.25, -0.2) is 4.98 Å². The first-order chi connectivity index (χ1) is 8.81. The smallest absolute Gasteiger partial charge is 0.226 e. The summed E-state index contributed by atoms with van der Waals surface area (Å²) in [4.78, 5) is 15.2. The van der Waals surface area contributed by atoms with Crippen LogP contribution in [0.15, 0.2) is 6.33 Å². The van der Waals surface area contributed by atoms with Gasteiger partial charge in [0.25, 0.3) is 0 Å². The molecule has 0 fully saturated rings. The Balaban J connectivity index is 1.89. The number of H-pyrrole nitrogens is 1. The van der Waals surface area contributed by atoms with E-state index in [9.17, 15) is 0 Å². The maximum atomic E-state index is 5.83. The quantitative estimate of drug-likeness (QED) is 0.595. The zero-order chi connectivity index (χ0) is 12.8. The number of methoxy groups -OCH3 is 1. The van der Waals surface area contributed by atoms with Gasteiger partial charge in [0.1, 0.15) is 5.52 Å². The van der Waals surface area contributed by atoms with E-state index >= 15 is 0 Å². The van der Waals surface area contributed by atoms with Crippen molar-refractivity contribution >= 4 is 28.6 Å². The largest absolute Gasteiger partial charge is 0.385 e. The number of anilines is 1. The van der Waals surface area contributed by atoms with Gasteiger partial charge in [-0.2, -0.15) is 9.97 Å². The molecule has 0 aliphatic carbocycles. The van der Waals surface area contributed by atoms with Gasteiger partial charge in [-0.1, -0.05) is 0 Å². The lowest BCUT2D eigenvalue weighted by molar-refractivity contribution is 0.192. The number of unbranched alkanes of at least 4 members (excludes halogenated alkanes) is 2. The molecular formula is C11H16ClN5O. The number of imidazole rings is 1. The van der Waals surface area contributed by atoms with Gasteiger partial charge < -0.3 is 15.0 Å². The highest BCUT2D eigenvalue weighted by Gasteiger charge is 2.07. The molecule has 2 aromatic rings. The second-order valence-electron chi connectivity index (χ2n) is 3.92. The summed E-state index contributed by atoms with van der Waals surface area (Å²) in [5.41, 5.74) is 1.37. The van der Waals surface area contributed by atoms with Crippen LogP contribution in [0.25, 0.3) is 11.2 Å². The van der Waals surface area contributed by atoms with Crippen LogP contribution in [0.2, 0.25) is 5.28 Å². The summed E-state index contributed by atoms with van der Waals surface area (Å²) in [6.45, 7) is 1.65. The van der Waals surface area contributed by atoms with Crippen LogP contribution in [0.1, 0.15) is 19.3 Å². The molecule has 2 rings (SSSR count). The molecule has 0 spiro atoms. The van der Waals surface area contributed by atoms with Crippen LogP contribution in [0.5, 0.6) is 0 Å². The van der Waals surface area contributed by atoms with E-state index < -0.39 is 0 Å². The molecule has 0 atom stereocenters. The van der Waals surface area contributed by atoms with Gasteiger partial charge in [0, 0.05) is 20.3 Å². The molecule has 0 aromatic carbocycles. The Morgan fingerprint density at radius 1 is 1.33 bits per heavy atom. The number of aromatic nitrogens is 4. The molecule has 0 saturated carbocycles. The van der Waals surface area contributed by atoms with E-state index in [1.807, 2.05) is 0 Å². The monoisotopic (exact) mass is 269 g/mol. The van der Waals surface area contributed by atoms with E-state index in [1.165, 1.54) is 0 Å². The van der Waals surface area contributed by atoms with Crippen molar-refractivity contribution in [1.29, 1.82) is 0 Å². The number of fused-ring (bicyclic) bond motifs is 1. The zero-order valence-electron chi connectivity index (χ0n) is 10.2. The average Bonchev–Trinajstić information content (AvgIpc) is 2.81. The van der Waals surface area contributed by atoms with E-state index in [1.54, 1.807) is 13.4 Å². The molecule has 2 heterocycles. The average molecular weight is 270 g/mol. The second kappa shape index (κ2) is 6.51. The molecular weight excluding hydrogens is 254 g/mol. The van der Waals surface area contributed by atoms with E-state index in [-0.39, 0.29) is 5.28 Å². The Bertz CT molecular complexity index is 501. The number of halogens is 1. The van der Waals surface area contributed by atoms with Crippen LogP contribution in [0.4, 0.5) is 5.82 Å². The van der Waals surface area contributed by atoms with Crippen LogP contribution < -0.4 is 5.32 Å². The number of nitrogens with zero attached hydrogens (tertiary/aromatic N) is 3. The van der Waals surface area contributed by atoms with Crippen LogP contribution in [-0.2, 0) is 4.74 Å². The predicted octanol–water partition coefficient (Wildman–Crippen LogP) is 2.23. The van der Waals surface area contributed by atoms with Crippen molar-refractivity contribution in [2.75, 3.05) is 25.6 Å². The lowest BCUT2D eigenvalue weighted by atomic mass is 10.2. The highest BCUT2D eigenvalue weighted by molar-refractivity contribution is 6.28. The molecule has 0 aliphatic heterocycles. The molecule has 0 amide bonds. The fourth-order valence-electron chi connectivity index (χ4n) is 1.69. The predicted molar refractivity (Wildman–Crippen MR) is 70.9 cm³/mol. The fraction of sp³-hybridized carbons (Fsp3) is 0.545. The maximum Gasteiger partial charge on any atom is 0.226 e. The van der Waals surface area contributed by atoms with Gasteiger partial charge in [0.05, 0.1) is 6.33 Å². The third-order valence-electron chi connectivity index (χ3n) is 2.58. The van der Waals surface area contributed by atoms with Crippen LogP contribution in [-0.4, -0.2) is 40.2 Å². The first-order valence-electron chi connectivity index (χ1n) is 5.90. The Hall–Kier alpha value is -1.40. The van der Waals surface area contributed by atoms with Crippen LogP contribution >= 0.6 is 11.6 Å². The highest BCUT2D eigenvalue weighted by atomic mass is 35.5. The topological polar surface area (TPSA) is 75.7 Å². The molecule has 0 radical (unpaired) electrons. The Morgan fingerprint density at radius 3 is 3.06 bits per heavy atom. The van der Waals surface area contributed by atoms with E-state index in [0.29, 0.717) is 11.5 Å². The van der Waals surface area contributed by atoms with Gasteiger partial charge >= 0.3 is 0 Å². The molecule has 6 nitrogen and oxygen atoms in total. The van der Waals surface area contributed by atoms with Crippen LogP contribution in [0.3, 0.4) is 0 Å². The van der Waals surface area contributed by atoms with Gasteiger partial charge in [0.2, 0.25) is 5.28 Å². The minimum absolute atomic E-state index is 0.205. The standard InChI is InChI=1S/C11H16ClN5O/c1-18-6-4-2-3-5-13-9-8-10(15-7-14-8)17-11(12)16-9/h7H,2-6H2,1H3,(H2,13,14,15,16,17). The Morgan fingerprint density at radius 2 is 2.22 bits per heavy atom. The highest BCUT2D eigenvalue weighted by Crippen LogP contribution is 2.18. The third kappa shape index (κ3) is 3.30. The Kier molecular flexibility index (Phi) is 4.72. The van der Waals surface area contributed by atoms with Crippen molar-refractivity contribution in [2.24, 2.45) is 0 Å². The summed E-state index contributed by atoms with van der Waals surface area (Å²) in [6, 6.07) is 0. The molecule has 0 aliphatic rings. The van der Waals surface area contributed by atoms with Crippen molar-refractivity contribution < 1.29 is 4.74 Å². The number of nitrogens with one attached hydrogen (secondary N) is 2. The second-order valence-corrected chi connectivity index (χ2v) is 4.26. The van der Waals surface area contributed by atoms with Crippen molar-refractivity contribution in [3.8, 4) is 0 Å². The summed E-state index contributed by atoms with van der Waals surface area (Å²) in [6.07, 6.45) is 4.83. The SMILES string of the molecule is COCCCCCNc1nc(Cl)nc2nc[nH]c12. The van der Waals surface area contributed by atoms with Gasteiger partial charge in [-0.05, 0) is 30.9 Å². The number of rotatable bonds is 7. The summed E-state index contributed by atoms with van der Waals surface area (Å²) in [5, 5.41) is 3.45. The summed E-state index contributed by atoms with van der Waals surface area (Å²) < 4.78 is 5.00. The third-order valence-corrected chi connectivity index (χ3v) is 2.75. The minimum atomic E-state index is 0.205. The normalized spacial score (nSPS) is 11.0. The molecule has 0 unspecified atom stereocenters. The molecule has 18 heavy (non-hydrogen) atoms. The first-order valence-corrected chi connectivity index (χ1v) is 6.28. The number of hydrogen-bond donors (Lipinski definition) is 2. The summed E-state index contributed by atoms with van der Waals surface area (Å²) in [7, 11) is 1.72. The molecule has 2 aromatic heterocycles. The molecule has 0 saturated heterocycles. The lowest BCUT2D eigenvalue weighted by Gasteiger charge is -2.06. The van der Waals surface area contributed by atoms with Crippen LogP contribution in [0, 0.1) is 0 Å². The lowest BCUT2D eigenvalue weighted by Crippen LogP contribution is -2.05. The number of aromatic amines is 1.